The van der Waals surface area contributed by atoms with E-state index in [2.05, 4.69) is 16.1 Å². The molecule has 0 unspecified atom stereocenters. The van der Waals surface area contributed by atoms with Crippen molar-refractivity contribution in [3.63, 3.8) is 0 Å². The predicted molar refractivity (Wildman–Crippen MR) is 63.5 cm³/mol. The van der Waals surface area contributed by atoms with E-state index < -0.39 is 6.61 Å². The highest BCUT2D eigenvalue weighted by Gasteiger charge is 2.42. The lowest BCUT2D eigenvalue weighted by molar-refractivity contribution is -0.0498. The van der Waals surface area contributed by atoms with E-state index in [1.54, 1.807) is 12.1 Å². The first-order valence-corrected chi connectivity index (χ1v) is 5.79. The molecule has 0 aliphatic heterocycles. The van der Waals surface area contributed by atoms with Gasteiger partial charge in [0.15, 0.2) is 0 Å². The molecule has 96 valence electrons. The Labute approximate surface area is 104 Å². The summed E-state index contributed by atoms with van der Waals surface area (Å²) in [4.78, 5) is 0. The van der Waals surface area contributed by atoms with Gasteiger partial charge < -0.3 is 10.1 Å². The Balaban J connectivity index is 1.85. The lowest BCUT2D eigenvalue weighted by Crippen LogP contribution is -2.14. The molecule has 18 heavy (non-hydrogen) atoms. The number of anilines is 1. The molecule has 1 aromatic rings. The SMILES string of the molecule is N#CCC1(CNc2ccc(OC(F)F)cc2)CC1. The lowest BCUT2D eigenvalue weighted by atomic mass is 10.0. The lowest BCUT2D eigenvalue weighted by Gasteiger charge is -2.13. The summed E-state index contributed by atoms with van der Waals surface area (Å²) in [6, 6.07) is 8.58. The van der Waals surface area contributed by atoms with E-state index in [0.29, 0.717) is 6.42 Å². The van der Waals surface area contributed by atoms with Crippen molar-refractivity contribution in [3.8, 4) is 11.8 Å². The molecule has 2 rings (SSSR count). The fraction of sp³-hybridized carbons (Fsp3) is 0.462. The molecule has 1 aliphatic carbocycles. The number of nitrogens with one attached hydrogen (secondary N) is 1. The Morgan fingerprint density at radius 3 is 2.50 bits per heavy atom. The van der Waals surface area contributed by atoms with Gasteiger partial charge in [-0.15, -0.1) is 0 Å². The predicted octanol–water partition coefficient (Wildman–Crippen LogP) is 3.39. The van der Waals surface area contributed by atoms with Crippen LogP contribution in [0.2, 0.25) is 0 Å². The fourth-order valence-corrected chi connectivity index (χ4v) is 1.80. The van der Waals surface area contributed by atoms with Crippen molar-refractivity contribution in [2.45, 2.75) is 25.9 Å². The molecule has 0 atom stereocenters. The second-order valence-electron chi connectivity index (χ2n) is 4.59. The number of rotatable bonds is 6. The molecule has 1 aliphatic rings. The average Bonchev–Trinajstić information content (AvgIpc) is 3.09. The van der Waals surface area contributed by atoms with Crippen molar-refractivity contribution in [1.82, 2.24) is 0 Å². The van der Waals surface area contributed by atoms with Crippen molar-refractivity contribution in [1.29, 1.82) is 5.26 Å². The van der Waals surface area contributed by atoms with Crippen LogP contribution in [0.25, 0.3) is 0 Å². The summed E-state index contributed by atoms with van der Waals surface area (Å²) in [5.74, 6) is 0.147. The van der Waals surface area contributed by atoms with Gasteiger partial charge >= 0.3 is 6.61 Å². The summed E-state index contributed by atoms with van der Waals surface area (Å²) in [5, 5.41) is 11.9. The first-order valence-electron chi connectivity index (χ1n) is 5.79. The van der Waals surface area contributed by atoms with Gasteiger partial charge in [-0.3, -0.25) is 0 Å². The van der Waals surface area contributed by atoms with Gasteiger partial charge in [-0.25, -0.2) is 0 Å². The summed E-state index contributed by atoms with van der Waals surface area (Å²) >= 11 is 0. The van der Waals surface area contributed by atoms with Gasteiger partial charge in [0, 0.05) is 24.1 Å². The molecule has 0 radical (unpaired) electrons. The second-order valence-corrected chi connectivity index (χ2v) is 4.59. The number of benzene rings is 1. The Kier molecular flexibility index (Phi) is 3.66. The topological polar surface area (TPSA) is 45.0 Å². The summed E-state index contributed by atoms with van der Waals surface area (Å²) in [7, 11) is 0. The second kappa shape index (κ2) is 5.21. The van der Waals surface area contributed by atoms with Crippen molar-refractivity contribution in [3.05, 3.63) is 24.3 Å². The zero-order valence-electron chi connectivity index (χ0n) is 9.83. The van der Waals surface area contributed by atoms with Crippen LogP contribution in [0.3, 0.4) is 0 Å². The van der Waals surface area contributed by atoms with E-state index in [1.165, 1.54) is 12.1 Å². The average molecular weight is 252 g/mol. The highest BCUT2D eigenvalue weighted by molar-refractivity contribution is 5.46. The number of alkyl halides is 2. The van der Waals surface area contributed by atoms with Gasteiger partial charge in [0.1, 0.15) is 5.75 Å². The molecule has 5 heteroatoms. The smallest absolute Gasteiger partial charge is 0.387 e. The van der Waals surface area contributed by atoms with Crippen molar-refractivity contribution in [2.24, 2.45) is 5.41 Å². The van der Waals surface area contributed by atoms with Gasteiger partial charge in [0.05, 0.1) is 6.07 Å². The minimum absolute atomic E-state index is 0.118. The molecule has 1 saturated carbocycles. The Hall–Kier alpha value is -1.83. The largest absolute Gasteiger partial charge is 0.435 e. The van der Waals surface area contributed by atoms with E-state index >= 15 is 0 Å². The van der Waals surface area contributed by atoms with Gasteiger partial charge in [-0.2, -0.15) is 14.0 Å². The summed E-state index contributed by atoms with van der Waals surface area (Å²) < 4.78 is 28.2. The molecular weight excluding hydrogens is 238 g/mol. The van der Waals surface area contributed by atoms with Crippen LogP contribution >= 0.6 is 0 Å². The first kappa shape index (κ1) is 12.6. The number of hydrogen-bond donors (Lipinski definition) is 1. The van der Waals surface area contributed by atoms with E-state index in [4.69, 9.17) is 5.26 Å². The zero-order valence-corrected chi connectivity index (χ0v) is 9.83. The third-order valence-corrected chi connectivity index (χ3v) is 3.16. The van der Waals surface area contributed by atoms with Crippen LogP contribution in [0.1, 0.15) is 19.3 Å². The van der Waals surface area contributed by atoms with E-state index in [9.17, 15) is 8.78 Å². The van der Waals surface area contributed by atoms with Crippen LogP contribution < -0.4 is 10.1 Å². The van der Waals surface area contributed by atoms with Gasteiger partial charge in [0.2, 0.25) is 0 Å². The van der Waals surface area contributed by atoms with E-state index in [-0.39, 0.29) is 11.2 Å². The van der Waals surface area contributed by atoms with Crippen LogP contribution in [0, 0.1) is 16.7 Å². The monoisotopic (exact) mass is 252 g/mol. The zero-order chi connectivity index (χ0) is 13.0. The molecule has 0 spiro atoms. The van der Waals surface area contributed by atoms with Crippen LogP contribution in [-0.4, -0.2) is 13.2 Å². The quantitative estimate of drug-likeness (QED) is 0.844. The molecule has 1 aromatic carbocycles. The van der Waals surface area contributed by atoms with Gasteiger partial charge in [-0.05, 0) is 37.1 Å². The maximum atomic E-state index is 11.9. The third-order valence-electron chi connectivity index (χ3n) is 3.16. The fourth-order valence-electron chi connectivity index (χ4n) is 1.80. The Morgan fingerprint density at radius 1 is 1.33 bits per heavy atom. The van der Waals surface area contributed by atoms with Gasteiger partial charge in [-0.1, -0.05) is 0 Å². The number of ether oxygens (including phenoxy) is 1. The van der Waals surface area contributed by atoms with Crippen LogP contribution in [0.4, 0.5) is 14.5 Å². The maximum absolute atomic E-state index is 11.9. The maximum Gasteiger partial charge on any atom is 0.387 e. The Bertz CT molecular complexity index is 435. The van der Waals surface area contributed by atoms with Crippen LogP contribution in [-0.2, 0) is 0 Å². The van der Waals surface area contributed by atoms with Crippen molar-refractivity contribution in [2.75, 3.05) is 11.9 Å². The number of hydrogen-bond acceptors (Lipinski definition) is 3. The summed E-state index contributed by atoms with van der Waals surface area (Å²) in [5.41, 5.74) is 0.966. The first-order chi connectivity index (χ1) is 8.63. The minimum atomic E-state index is -2.80. The van der Waals surface area contributed by atoms with Gasteiger partial charge in [0.25, 0.3) is 0 Å². The van der Waals surface area contributed by atoms with Crippen LogP contribution in [0.5, 0.6) is 5.75 Å². The van der Waals surface area contributed by atoms with Crippen LogP contribution in [0.15, 0.2) is 24.3 Å². The molecule has 0 heterocycles. The molecule has 1 N–H and O–H groups in total. The highest BCUT2D eigenvalue weighted by atomic mass is 19.3. The standard InChI is InChI=1S/C13H14F2N2O/c14-12(15)18-11-3-1-10(2-4-11)17-9-13(5-6-13)7-8-16/h1-4,12,17H,5-7,9H2. The summed E-state index contributed by atoms with van der Waals surface area (Å²) in [6.45, 7) is -2.05. The molecule has 0 saturated heterocycles. The number of nitriles is 1. The normalized spacial score (nSPS) is 16.1. The molecule has 0 bridgehead atoms. The Morgan fingerprint density at radius 2 is 2.00 bits per heavy atom. The van der Waals surface area contributed by atoms with Crippen molar-refractivity contribution < 1.29 is 13.5 Å². The molecule has 0 aromatic heterocycles. The molecule has 1 fully saturated rings. The van der Waals surface area contributed by atoms with Crippen molar-refractivity contribution >= 4 is 5.69 Å². The molecule has 3 nitrogen and oxygen atoms in total. The van der Waals surface area contributed by atoms with E-state index in [0.717, 1.165) is 25.1 Å². The highest BCUT2D eigenvalue weighted by Crippen LogP contribution is 2.48. The number of nitrogens with zero attached hydrogens (tertiary/aromatic N) is 1. The number of halogens is 2. The third kappa shape index (κ3) is 3.33. The van der Waals surface area contributed by atoms with E-state index in [1.807, 2.05) is 0 Å². The molecule has 0 amide bonds. The minimum Gasteiger partial charge on any atom is -0.435 e. The molecular formula is C13H14F2N2O. The summed E-state index contributed by atoms with van der Waals surface area (Å²) in [6.07, 6.45) is 2.70.